The highest BCUT2D eigenvalue weighted by Gasteiger charge is 2.41. The molecule has 0 radical (unpaired) electrons. The van der Waals surface area contributed by atoms with Crippen molar-refractivity contribution in [3.8, 4) is 11.1 Å². The van der Waals surface area contributed by atoms with Gasteiger partial charge >= 0.3 is 6.09 Å². The van der Waals surface area contributed by atoms with Crippen LogP contribution in [0.5, 0.6) is 0 Å². The van der Waals surface area contributed by atoms with Crippen LogP contribution in [0, 0.1) is 17.8 Å². The van der Waals surface area contributed by atoms with Crippen LogP contribution in [0.15, 0.2) is 60.7 Å². The molecule has 8 rings (SSSR count). The second kappa shape index (κ2) is 13.7. The normalized spacial score (nSPS) is 21.4. The van der Waals surface area contributed by atoms with Gasteiger partial charge in [0.1, 0.15) is 17.2 Å². The smallest absolute Gasteiger partial charge is 0.410 e. The molecule has 2 aromatic heterocycles. The van der Waals surface area contributed by atoms with E-state index in [0.29, 0.717) is 25.6 Å². The minimum Gasteiger partial charge on any atom is -0.444 e. The molecule has 2 aliphatic rings. The van der Waals surface area contributed by atoms with Crippen molar-refractivity contribution in [2.45, 2.75) is 78.1 Å². The van der Waals surface area contributed by atoms with E-state index in [4.69, 9.17) is 25.2 Å². The number of fused-ring (bicyclic) bond motifs is 6. The second-order valence-corrected chi connectivity index (χ2v) is 16.9. The first-order valence-electron chi connectivity index (χ1n) is 19.2. The van der Waals surface area contributed by atoms with Gasteiger partial charge in [0.05, 0.1) is 46.8 Å². The van der Waals surface area contributed by atoms with E-state index in [1.807, 2.05) is 45.6 Å². The number of carbonyl (C=O) groups is 2. The lowest BCUT2D eigenvalue weighted by atomic mass is 9.98. The van der Waals surface area contributed by atoms with Crippen LogP contribution >= 0.6 is 0 Å². The SMILES string of the molecule is COC[C@H]1C[C@@H](c2nc3ccc4cc(-c5ccc6c(ccc7nc([C@@H]8C[C@H](C)CN8C(=O)[C@@H](N)C(C)C)[nH]c76)c5)ccc4c3[nH]2)N(C(=O)OC(C)(C)C)C1. The molecule has 4 aromatic carbocycles. The fraction of sp³-hybridized carbons (Fsp3) is 0.442. The number of hydrogen-bond donors (Lipinski definition) is 3. The maximum atomic E-state index is 13.4. The van der Waals surface area contributed by atoms with Crippen LogP contribution in [-0.4, -0.2) is 80.2 Å². The molecular formula is C43H51N7O4. The van der Waals surface area contributed by atoms with Crippen molar-refractivity contribution in [1.29, 1.82) is 0 Å². The number of amides is 2. The number of benzene rings is 4. The summed E-state index contributed by atoms with van der Waals surface area (Å²) < 4.78 is 11.2. The minimum atomic E-state index is -0.593. The maximum Gasteiger partial charge on any atom is 0.410 e. The van der Waals surface area contributed by atoms with E-state index in [2.05, 4.69) is 71.5 Å². The highest BCUT2D eigenvalue weighted by atomic mass is 16.6. The molecule has 4 N–H and O–H groups in total. The molecule has 5 atom stereocenters. The highest BCUT2D eigenvalue weighted by molar-refractivity contribution is 6.07. The summed E-state index contributed by atoms with van der Waals surface area (Å²) in [6.07, 6.45) is 1.26. The second-order valence-electron chi connectivity index (χ2n) is 16.9. The number of imidazole rings is 2. The number of aromatic nitrogens is 4. The average Bonchev–Trinajstić information content (AvgIpc) is 3.94. The van der Waals surface area contributed by atoms with Crippen molar-refractivity contribution in [3.63, 3.8) is 0 Å². The summed E-state index contributed by atoms with van der Waals surface area (Å²) in [6, 6.07) is 20.5. The zero-order valence-electron chi connectivity index (χ0n) is 32.3. The molecule has 0 unspecified atom stereocenters. The zero-order chi connectivity index (χ0) is 38.1. The van der Waals surface area contributed by atoms with E-state index < -0.39 is 11.6 Å². The molecule has 0 saturated carbocycles. The van der Waals surface area contributed by atoms with Crippen LogP contribution < -0.4 is 5.73 Å². The van der Waals surface area contributed by atoms with E-state index in [0.717, 1.165) is 79.2 Å². The number of likely N-dealkylation sites (tertiary alicyclic amines) is 2. The standard InChI is InChI=1S/C43H51N7O4/c1-23(2)36(44)41(51)49-20-24(3)16-34(49)39-45-32-14-10-28-18-26(8-12-30(28)37(32)47-39)27-9-13-31-29(19-27)11-15-33-38(31)48-40(46-33)35-17-25(22-53-7)21-50(35)42(52)54-43(4,5)6/h8-15,18-19,23-25,34-36H,16-17,20-22,44H2,1-7H3,(H,45,47)(H,46,48)/t24-,25-,34-,35-,36-/m0/s1. The number of rotatable bonds is 7. The molecule has 0 spiro atoms. The van der Waals surface area contributed by atoms with Crippen LogP contribution in [0.4, 0.5) is 4.79 Å². The lowest BCUT2D eigenvalue weighted by molar-refractivity contribution is -0.134. The lowest BCUT2D eigenvalue weighted by Gasteiger charge is -2.27. The third kappa shape index (κ3) is 6.57. The van der Waals surface area contributed by atoms with Crippen LogP contribution in [0.1, 0.15) is 78.1 Å². The Labute approximate surface area is 315 Å². The Bertz CT molecular complexity index is 2390. The van der Waals surface area contributed by atoms with Crippen molar-refractivity contribution in [2.75, 3.05) is 26.8 Å². The summed E-state index contributed by atoms with van der Waals surface area (Å²) in [7, 11) is 1.69. The monoisotopic (exact) mass is 729 g/mol. The maximum absolute atomic E-state index is 13.4. The average molecular weight is 730 g/mol. The number of H-pyrrole nitrogens is 2. The predicted octanol–water partition coefficient (Wildman–Crippen LogP) is 8.25. The molecule has 6 aromatic rings. The van der Waals surface area contributed by atoms with Crippen LogP contribution in [0.2, 0.25) is 0 Å². The van der Waals surface area contributed by atoms with Gasteiger partial charge in [-0.05, 0) is 91.6 Å². The quantitative estimate of drug-likeness (QED) is 0.150. The van der Waals surface area contributed by atoms with E-state index in [9.17, 15) is 9.59 Å². The summed E-state index contributed by atoms with van der Waals surface area (Å²) >= 11 is 0. The molecule has 54 heavy (non-hydrogen) atoms. The molecule has 4 heterocycles. The summed E-state index contributed by atoms with van der Waals surface area (Å²) in [4.78, 5) is 47.5. The van der Waals surface area contributed by atoms with Crippen molar-refractivity contribution >= 4 is 55.6 Å². The predicted molar refractivity (Wildman–Crippen MR) is 213 cm³/mol. The third-order valence-electron chi connectivity index (χ3n) is 11.2. The van der Waals surface area contributed by atoms with Gasteiger partial charge in [0.25, 0.3) is 0 Å². The van der Waals surface area contributed by atoms with Gasteiger partial charge in [-0.15, -0.1) is 0 Å². The number of methoxy groups -OCH3 is 1. The number of ether oxygens (including phenoxy) is 2. The third-order valence-corrected chi connectivity index (χ3v) is 11.2. The molecule has 2 aliphatic heterocycles. The van der Waals surface area contributed by atoms with Crippen molar-refractivity contribution < 1.29 is 19.1 Å². The Kier molecular flexibility index (Phi) is 9.13. The lowest BCUT2D eigenvalue weighted by Crippen LogP contribution is -2.46. The Morgan fingerprint density at radius 2 is 1.39 bits per heavy atom. The van der Waals surface area contributed by atoms with Gasteiger partial charge in [-0.2, -0.15) is 0 Å². The zero-order valence-corrected chi connectivity index (χ0v) is 32.3. The molecular weight excluding hydrogens is 679 g/mol. The first kappa shape index (κ1) is 36.0. The number of nitrogens with zero attached hydrogens (tertiary/aromatic N) is 4. The van der Waals surface area contributed by atoms with Crippen LogP contribution in [-0.2, 0) is 14.3 Å². The molecule has 2 saturated heterocycles. The van der Waals surface area contributed by atoms with Crippen LogP contribution in [0.3, 0.4) is 0 Å². The number of nitrogens with one attached hydrogen (secondary N) is 2. The Morgan fingerprint density at radius 3 is 1.91 bits per heavy atom. The van der Waals surface area contributed by atoms with Gasteiger partial charge in [-0.3, -0.25) is 9.69 Å². The molecule has 2 amide bonds. The summed E-state index contributed by atoms with van der Waals surface area (Å²) in [5.41, 5.74) is 11.6. The van der Waals surface area contributed by atoms with Gasteiger partial charge in [0.15, 0.2) is 0 Å². The van der Waals surface area contributed by atoms with E-state index in [1.54, 1.807) is 12.0 Å². The Balaban J connectivity index is 1.08. The Hall–Kier alpha value is -5.00. The molecule has 0 aliphatic carbocycles. The highest BCUT2D eigenvalue weighted by Crippen LogP contribution is 2.39. The first-order valence-corrected chi connectivity index (χ1v) is 19.2. The van der Waals surface area contributed by atoms with Gasteiger partial charge in [0, 0.05) is 36.9 Å². The van der Waals surface area contributed by atoms with Gasteiger partial charge in [-0.1, -0.05) is 57.2 Å². The van der Waals surface area contributed by atoms with Gasteiger partial charge < -0.3 is 30.1 Å². The number of nitrogens with two attached hydrogens (primary N) is 1. The fourth-order valence-corrected chi connectivity index (χ4v) is 8.42. The number of hydrogen-bond acceptors (Lipinski definition) is 7. The minimum absolute atomic E-state index is 0.00636. The van der Waals surface area contributed by atoms with Crippen LogP contribution in [0.25, 0.3) is 54.7 Å². The molecule has 0 bridgehead atoms. The molecule has 11 heteroatoms. The topological polar surface area (TPSA) is 142 Å². The summed E-state index contributed by atoms with van der Waals surface area (Å²) in [5.74, 6) is 2.20. The number of aromatic amines is 2. The van der Waals surface area contributed by atoms with Crippen molar-refractivity contribution in [1.82, 2.24) is 29.7 Å². The molecule has 2 fully saturated rings. The number of carbonyl (C=O) groups excluding carboxylic acids is 2. The van der Waals surface area contributed by atoms with Gasteiger partial charge in [0.2, 0.25) is 5.91 Å². The fourth-order valence-electron chi connectivity index (χ4n) is 8.42. The van der Waals surface area contributed by atoms with E-state index in [-0.39, 0.29) is 35.9 Å². The molecule has 282 valence electrons. The summed E-state index contributed by atoms with van der Waals surface area (Å²) in [6.45, 7) is 13.6. The van der Waals surface area contributed by atoms with Gasteiger partial charge in [-0.25, -0.2) is 14.8 Å². The molecule has 11 nitrogen and oxygen atoms in total. The van der Waals surface area contributed by atoms with Crippen molar-refractivity contribution in [3.05, 3.63) is 72.3 Å². The van der Waals surface area contributed by atoms with E-state index >= 15 is 0 Å². The first-order chi connectivity index (χ1) is 25.8. The Morgan fingerprint density at radius 1 is 0.833 bits per heavy atom. The van der Waals surface area contributed by atoms with Crippen molar-refractivity contribution in [2.24, 2.45) is 23.5 Å². The largest absolute Gasteiger partial charge is 0.444 e. The van der Waals surface area contributed by atoms with E-state index in [1.165, 1.54) is 0 Å². The summed E-state index contributed by atoms with van der Waals surface area (Å²) in [5, 5.41) is 4.36.